The molecule has 2 heteroatoms. The fourth-order valence-corrected chi connectivity index (χ4v) is 3.86. The maximum absolute atomic E-state index is 5.00. The zero-order chi connectivity index (χ0) is 11.5. The Morgan fingerprint density at radius 2 is 1.40 bits per heavy atom. The third kappa shape index (κ3) is 2.95. The van der Waals surface area contributed by atoms with Gasteiger partial charge < -0.3 is 0 Å². The van der Waals surface area contributed by atoms with E-state index in [1.54, 1.807) is 0 Å². The Kier molecular flexibility index (Phi) is 4.16. The summed E-state index contributed by atoms with van der Waals surface area (Å²) >= 11 is 0. The van der Waals surface area contributed by atoms with E-state index in [0.29, 0.717) is 11.3 Å². The molecule has 0 spiro atoms. The van der Waals surface area contributed by atoms with Crippen LogP contribution >= 0.6 is 7.05 Å². The van der Waals surface area contributed by atoms with Gasteiger partial charge in [0.1, 0.15) is 0 Å². The minimum Gasteiger partial charge on any atom is -0.267 e. The molecule has 0 atom stereocenters. The lowest BCUT2D eigenvalue weighted by Crippen LogP contribution is -2.06. The number of hydrogen-bond donors (Lipinski definition) is 0. The molecule has 84 valence electrons. The van der Waals surface area contributed by atoms with Crippen molar-refractivity contribution >= 4 is 12.7 Å². The summed E-state index contributed by atoms with van der Waals surface area (Å²) in [6.45, 7) is 11.5. The third-order valence-corrected chi connectivity index (χ3v) is 8.02. The van der Waals surface area contributed by atoms with Crippen LogP contribution in [0.25, 0.3) is 0 Å². The molecule has 0 unspecified atom stereocenters. The van der Waals surface area contributed by atoms with Gasteiger partial charge in [-0.3, -0.25) is 4.74 Å². The zero-order valence-corrected chi connectivity index (χ0v) is 11.3. The molecular formula is C13H22NP. The topological polar surface area (TPSA) is 12.4 Å². The van der Waals surface area contributed by atoms with E-state index >= 15 is 0 Å². The van der Waals surface area contributed by atoms with Crippen molar-refractivity contribution in [1.29, 1.82) is 0 Å². The smallest absolute Gasteiger partial charge is 0.0613 e. The molecule has 0 aliphatic carbocycles. The second-order valence-electron chi connectivity index (χ2n) is 4.72. The van der Waals surface area contributed by atoms with Crippen LogP contribution in [-0.4, -0.2) is 18.0 Å². The van der Waals surface area contributed by atoms with E-state index in [1.807, 2.05) is 6.07 Å². The zero-order valence-electron chi connectivity index (χ0n) is 10.4. The van der Waals surface area contributed by atoms with Crippen LogP contribution in [0.4, 0.5) is 5.69 Å². The molecule has 0 heterocycles. The Morgan fingerprint density at radius 3 is 1.80 bits per heavy atom. The van der Waals surface area contributed by atoms with Gasteiger partial charge in [0.05, 0.1) is 5.69 Å². The molecule has 1 aromatic carbocycles. The van der Waals surface area contributed by atoms with Crippen LogP contribution in [0.15, 0.2) is 35.1 Å². The standard InChI is InChI=1S/C13H22NP/c1-11(2)15(5,12(3)4)14-13-9-7-6-8-10-13/h6-12H,1-5H3. The van der Waals surface area contributed by atoms with Crippen LogP contribution in [0.3, 0.4) is 0 Å². The van der Waals surface area contributed by atoms with Gasteiger partial charge in [-0.1, -0.05) is 45.9 Å². The highest BCUT2D eigenvalue weighted by atomic mass is 31.2. The van der Waals surface area contributed by atoms with Gasteiger partial charge in [0.15, 0.2) is 0 Å². The first-order valence-electron chi connectivity index (χ1n) is 5.61. The maximum atomic E-state index is 5.00. The molecular weight excluding hydrogens is 201 g/mol. The van der Waals surface area contributed by atoms with Gasteiger partial charge in [-0.15, -0.1) is 0 Å². The van der Waals surface area contributed by atoms with Gasteiger partial charge >= 0.3 is 0 Å². The number of hydrogen-bond acceptors (Lipinski definition) is 1. The van der Waals surface area contributed by atoms with Crippen LogP contribution in [0, 0.1) is 0 Å². The van der Waals surface area contributed by atoms with Gasteiger partial charge in [0.2, 0.25) is 0 Å². The van der Waals surface area contributed by atoms with Crippen molar-refractivity contribution in [3.8, 4) is 0 Å². The Morgan fingerprint density at radius 1 is 0.933 bits per heavy atom. The molecule has 0 fully saturated rings. The average Bonchev–Trinajstić information content (AvgIpc) is 2.18. The minimum atomic E-state index is -1.21. The molecule has 0 radical (unpaired) electrons. The Bertz CT molecular complexity index is 340. The third-order valence-electron chi connectivity index (χ3n) is 3.18. The van der Waals surface area contributed by atoms with Crippen LogP contribution in [0.5, 0.6) is 0 Å². The van der Waals surface area contributed by atoms with Gasteiger partial charge in [-0.05, 0) is 37.2 Å². The van der Waals surface area contributed by atoms with Gasteiger partial charge in [-0.2, -0.15) is 0 Å². The van der Waals surface area contributed by atoms with Gasteiger partial charge in [-0.25, -0.2) is 0 Å². The first kappa shape index (κ1) is 12.5. The Hall–Kier alpha value is -0.550. The highest BCUT2D eigenvalue weighted by Gasteiger charge is 2.21. The summed E-state index contributed by atoms with van der Waals surface area (Å²) in [5, 5.41) is 0. The van der Waals surface area contributed by atoms with E-state index in [0.717, 1.165) is 5.69 Å². The van der Waals surface area contributed by atoms with Gasteiger partial charge in [0, 0.05) is 0 Å². The molecule has 0 saturated heterocycles. The lowest BCUT2D eigenvalue weighted by molar-refractivity contribution is 0.995. The molecule has 0 bridgehead atoms. The molecule has 1 aromatic rings. The molecule has 0 amide bonds. The summed E-state index contributed by atoms with van der Waals surface area (Å²) in [6.07, 6.45) is 0. The highest BCUT2D eigenvalue weighted by Crippen LogP contribution is 2.56. The summed E-state index contributed by atoms with van der Waals surface area (Å²) in [5.41, 5.74) is 2.46. The van der Waals surface area contributed by atoms with Crippen molar-refractivity contribution < 1.29 is 0 Å². The summed E-state index contributed by atoms with van der Waals surface area (Å²) in [7, 11) is -1.21. The molecule has 0 N–H and O–H groups in total. The van der Waals surface area contributed by atoms with Crippen LogP contribution in [0.2, 0.25) is 0 Å². The van der Waals surface area contributed by atoms with Crippen molar-refractivity contribution in [3.05, 3.63) is 30.3 Å². The van der Waals surface area contributed by atoms with E-state index < -0.39 is 7.05 Å². The predicted octanol–water partition coefficient (Wildman–Crippen LogP) is 4.97. The van der Waals surface area contributed by atoms with E-state index in [2.05, 4.69) is 58.6 Å². The largest absolute Gasteiger partial charge is 0.267 e. The van der Waals surface area contributed by atoms with Crippen LogP contribution in [-0.2, 0) is 0 Å². The minimum absolute atomic E-state index is 0.665. The van der Waals surface area contributed by atoms with E-state index in [1.165, 1.54) is 0 Å². The first-order valence-corrected chi connectivity index (χ1v) is 7.93. The van der Waals surface area contributed by atoms with Crippen LogP contribution in [0.1, 0.15) is 27.7 Å². The van der Waals surface area contributed by atoms with Crippen molar-refractivity contribution in [2.45, 2.75) is 39.0 Å². The molecule has 15 heavy (non-hydrogen) atoms. The fourth-order valence-electron chi connectivity index (χ4n) is 1.57. The quantitative estimate of drug-likeness (QED) is 0.642. The summed E-state index contributed by atoms with van der Waals surface area (Å²) < 4.78 is 5.00. The molecule has 1 nitrogen and oxygen atoms in total. The molecule has 1 rings (SSSR count). The SMILES string of the molecule is CC(C)P(C)(=Nc1ccccc1)C(C)C. The number of rotatable bonds is 3. The van der Waals surface area contributed by atoms with Gasteiger partial charge in [0.25, 0.3) is 0 Å². The number of benzene rings is 1. The van der Waals surface area contributed by atoms with Crippen LogP contribution < -0.4 is 0 Å². The fraction of sp³-hybridized carbons (Fsp3) is 0.538. The predicted molar refractivity (Wildman–Crippen MR) is 71.6 cm³/mol. The molecule has 0 aliphatic rings. The summed E-state index contributed by atoms with van der Waals surface area (Å²) in [5.74, 6) is 0. The molecule has 0 saturated carbocycles. The molecule has 0 aromatic heterocycles. The van der Waals surface area contributed by atoms with E-state index in [9.17, 15) is 0 Å². The first-order chi connectivity index (χ1) is 6.97. The maximum Gasteiger partial charge on any atom is 0.0613 e. The second kappa shape index (κ2) is 4.99. The highest BCUT2D eigenvalue weighted by molar-refractivity contribution is 7.67. The number of nitrogens with zero attached hydrogens (tertiary/aromatic N) is 1. The second-order valence-corrected chi connectivity index (χ2v) is 9.18. The lowest BCUT2D eigenvalue weighted by atomic mass is 10.3. The van der Waals surface area contributed by atoms with Crippen molar-refractivity contribution in [2.75, 3.05) is 6.66 Å². The molecule has 0 aliphatic heterocycles. The lowest BCUT2D eigenvalue weighted by Gasteiger charge is -2.28. The normalized spacial score (nSPS) is 12.2. The van der Waals surface area contributed by atoms with Crippen molar-refractivity contribution in [2.24, 2.45) is 4.74 Å². The van der Waals surface area contributed by atoms with Crippen molar-refractivity contribution in [1.82, 2.24) is 0 Å². The summed E-state index contributed by atoms with van der Waals surface area (Å²) in [4.78, 5) is 0. The van der Waals surface area contributed by atoms with E-state index in [4.69, 9.17) is 4.74 Å². The van der Waals surface area contributed by atoms with E-state index in [-0.39, 0.29) is 0 Å². The summed E-state index contributed by atoms with van der Waals surface area (Å²) in [6, 6.07) is 10.4. The Balaban J connectivity index is 3.16. The monoisotopic (exact) mass is 223 g/mol. The van der Waals surface area contributed by atoms with Crippen molar-refractivity contribution in [3.63, 3.8) is 0 Å². The average molecular weight is 223 g/mol. The Labute approximate surface area is 94.0 Å².